The van der Waals surface area contributed by atoms with Crippen LogP contribution >= 0.6 is 37.2 Å². The number of hydrogen-bond acceptors (Lipinski definition) is 1. The van der Waals surface area contributed by atoms with Crippen molar-refractivity contribution in [2.45, 2.75) is 26.7 Å². The van der Waals surface area contributed by atoms with E-state index in [9.17, 15) is 0 Å². The van der Waals surface area contributed by atoms with Crippen LogP contribution in [0.1, 0.15) is 26.7 Å². The van der Waals surface area contributed by atoms with E-state index in [2.05, 4.69) is 30.9 Å². The van der Waals surface area contributed by atoms with E-state index in [4.69, 9.17) is 0 Å². The molecule has 0 fully saturated rings. The zero-order valence-corrected chi connectivity index (χ0v) is 14.8. The number of nitrogens with zero attached hydrogens (tertiary/aromatic N) is 1. The van der Waals surface area contributed by atoms with E-state index >= 15 is 0 Å². The minimum Gasteiger partial charge on any atom is -0.147 e. The normalized spacial score (nSPS) is 13.1. The summed E-state index contributed by atoms with van der Waals surface area (Å²) in [6, 6.07) is 0. The molecule has 0 atom stereocenters. The third-order valence-electron chi connectivity index (χ3n) is 2.62. The Labute approximate surface area is 133 Å². The van der Waals surface area contributed by atoms with Gasteiger partial charge in [0.1, 0.15) is 0 Å². The second-order valence-corrected chi connectivity index (χ2v) is 4.87. The van der Waals surface area contributed by atoms with Crippen molar-refractivity contribution in [1.82, 2.24) is 4.90 Å². The first-order valence-electron chi connectivity index (χ1n) is 5.10. The summed E-state index contributed by atoms with van der Waals surface area (Å²) in [7, 11) is 0. The molecule has 0 N–H and O–H groups in total. The third-order valence-corrected chi connectivity index (χ3v) is 3.91. The molecule has 1 nitrogen and oxygen atoms in total. The van der Waals surface area contributed by atoms with Crippen LogP contribution in [0.25, 0.3) is 0 Å². The van der Waals surface area contributed by atoms with Crippen molar-refractivity contribution < 1.29 is 24.7 Å². The van der Waals surface area contributed by atoms with Crippen LogP contribution in [-0.2, 0) is 24.7 Å². The Morgan fingerprint density at radius 2 is 1.75 bits per heavy atom. The van der Waals surface area contributed by atoms with Crippen LogP contribution in [0.15, 0.2) is 21.0 Å². The van der Waals surface area contributed by atoms with Crippen molar-refractivity contribution in [1.29, 1.82) is 0 Å². The molecule has 5 heteroatoms. The zero-order valence-electron chi connectivity index (χ0n) is 9.86. The molecule has 0 aromatic rings. The summed E-state index contributed by atoms with van der Waals surface area (Å²) >= 11 is 1.60. The quantitative estimate of drug-likeness (QED) is 0.718. The molecule has 1 aliphatic carbocycles. The second-order valence-electron chi connectivity index (χ2n) is 3.39. The Morgan fingerprint density at radius 1 is 1.19 bits per heavy atom. The van der Waals surface area contributed by atoms with Gasteiger partial charge in [-0.15, -0.1) is 37.2 Å². The summed E-state index contributed by atoms with van der Waals surface area (Å²) in [5.74, 6) is 0. The third kappa shape index (κ3) is 7.51. The van der Waals surface area contributed by atoms with Crippen molar-refractivity contribution in [2.24, 2.45) is 0 Å². The minimum atomic E-state index is 0. The molecule has 0 spiro atoms. The van der Waals surface area contributed by atoms with Crippen LogP contribution in [0.5, 0.6) is 0 Å². The molecule has 16 heavy (non-hydrogen) atoms. The van der Waals surface area contributed by atoms with Gasteiger partial charge >= 0.3 is 96.9 Å². The number of halogens is 3. The average Bonchev–Trinajstić information content (AvgIpc) is 2.54. The second kappa shape index (κ2) is 12.6. The van der Waals surface area contributed by atoms with Crippen molar-refractivity contribution in [2.75, 3.05) is 19.6 Å². The van der Waals surface area contributed by atoms with Crippen LogP contribution in [-0.4, -0.2) is 24.5 Å². The van der Waals surface area contributed by atoms with Crippen LogP contribution in [0, 0.1) is 0 Å². The molecule has 0 aliphatic heterocycles. The Bertz CT molecular complexity index is 225. The van der Waals surface area contributed by atoms with Crippen LogP contribution in [0.4, 0.5) is 0 Å². The first kappa shape index (κ1) is 22.4. The van der Waals surface area contributed by atoms with Gasteiger partial charge in [0.05, 0.1) is 0 Å². The molecular weight excluding hydrogens is 344 g/mol. The molecule has 1 rings (SSSR count). The van der Waals surface area contributed by atoms with E-state index in [0.29, 0.717) is 0 Å². The molecule has 0 bridgehead atoms. The Balaban J connectivity index is -0.000000563. The number of rotatable bonds is 5. The fraction of sp³-hybridized carbons (Fsp3) is 0.636. The van der Waals surface area contributed by atoms with E-state index in [0.717, 1.165) is 0 Å². The van der Waals surface area contributed by atoms with E-state index in [1.54, 1.807) is 33.6 Å². The standard InChI is InChI=1S/C11H18N.3ClH.Zr/c1-3-12(4-2)10-9-11-7-5-6-8-11;;;;/h5,7H,3-4,6,9-10H2,1-2H3;3*1H;. The smallest absolute Gasteiger partial charge is 0.147 e. The van der Waals surface area contributed by atoms with Crippen molar-refractivity contribution in [3.8, 4) is 0 Å². The van der Waals surface area contributed by atoms with E-state index in [1.807, 2.05) is 0 Å². The summed E-state index contributed by atoms with van der Waals surface area (Å²) in [6.45, 7) is 8.06. The molecule has 0 saturated heterocycles. The van der Waals surface area contributed by atoms with Gasteiger partial charge in [-0.3, -0.25) is 0 Å². The summed E-state index contributed by atoms with van der Waals surface area (Å²) in [5, 5.41) is 0. The molecule has 0 saturated carbocycles. The fourth-order valence-corrected chi connectivity index (χ4v) is 2.41. The Morgan fingerprint density at radius 3 is 2.12 bits per heavy atom. The molecule has 95 valence electrons. The van der Waals surface area contributed by atoms with Gasteiger partial charge < -0.3 is 0 Å². The summed E-state index contributed by atoms with van der Waals surface area (Å²) < 4.78 is 1.65. The summed E-state index contributed by atoms with van der Waals surface area (Å²) in [5.41, 5.74) is 1.60. The van der Waals surface area contributed by atoms with E-state index < -0.39 is 0 Å². The van der Waals surface area contributed by atoms with Gasteiger partial charge in [0.2, 0.25) is 0 Å². The monoisotopic (exact) mass is 362 g/mol. The van der Waals surface area contributed by atoms with Crippen LogP contribution in [0.3, 0.4) is 0 Å². The topological polar surface area (TPSA) is 3.24 Å². The van der Waals surface area contributed by atoms with E-state index in [-0.39, 0.29) is 37.2 Å². The zero-order chi connectivity index (χ0) is 9.68. The number of hydrogen-bond donors (Lipinski definition) is 0. The Kier molecular flexibility index (Phi) is 17.7. The van der Waals surface area contributed by atoms with Gasteiger partial charge in [-0.05, 0) is 0 Å². The van der Waals surface area contributed by atoms with Crippen molar-refractivity contribution in [3.05, 3.63) is 21.0 Å². The first-order valence-corrected chi connectivity index (χ1v) is 6.33. The molecule has 0 heterocycles. The molecule has 0 amide bonds. The predicted octanol–water partition coefficient (Wildman–Crippen LogP) is 3.74. The number of allylic oxidation sites excluding steroid dienone is 3. The van der Waals surface area contributed by atoms with Crippen molar-refractivity contribution >= 4 is 37.2 Å². The van der Waals surface area contributed by atoms with Crippen LogP contribution < -0.4 is 0 Å². The molecule has 0 aromatic carbocycles. The van der Waals surface area contributed by atoms with Gasteiger partial charge in [-0.25, -0.2) is 0 Å². The van der Waals surface area contributed by atoms with E-state index in [1.165, 1.54) is 32.5 Å². The maximum absolute atomic E-state index is 2.49. The van der Waals surface area contributed by atoms with Crippen molar-refractivity contribution in [3.63, 3.8) is 0 Å². The Hall–Kier alpha value is 1.19. The fourth-order valence-electron chi connectivity index (χ4n) is 1.60. The molecule has 0 aromatic heterocycles. The maximum atomic E-state index is 2.49. The summed E-state index contributed by atoms with van der Waals surface area (Å²) in [6.07, 6.45) is 7.07. The molecule has 0 radical (unpaired) electrons. The SMILES string of the molecule is CCN(CC)CCC1=[C]([Zr])CC=C1.Cl.Cl.Cl. The molecule has 0 unspecified atom stereocenters. The van der Waals surface area contributed by atoms with Crippen LogP contribution in [0.2, 0.25) is 0 Å². The largest absolute Gasteiger partial charge is 0.147 e. The first-order chi connectivity index (χ1) is 6.27. The summed E-state index contributed by atoms with van der Waals surface area (Å²) in [4.78, 5) is 2.49. The van der Waals surface area contributed by atoms with Gasteiger partial charge in [0.15, 0.2) is 0 Å². The van der Waals surface area contributed by atoms with Gasteiger partial charge in [0.25, 0.3) is 0 Å². The minimum absolute atomic E-state index is 0. The van der Waals surface area contributed by atoms with Gasteiger partial charge in [0, 0.05) is 0 Å². The average molecular weight is 365 g/mol. The predicted molar refractivity (Wildman–Crippen MR) is 74.9 cm³/mol. The molecule has 1 aliphatic rings. The van der Waals surface area contributed by atoms with Gasteiger partial charge in [-0.2, -0.15) is 0 Å². The van der Waals surface area contributed by atoms with Gasteiger partial charge in [-0.1, -0.05) is 0 Å². The maximum Gasteiger partial charge on any atom is -0.147 e. The molecular formula is C11H21Cl3NZr.